The first-order valence-electron chi connectivity index (χ1n) is 11.8. The number of hydrogen-bond acceptors (Lipinski definition) is 6. The summed E-state index contributed by atoms with van der Waals surface area (Å²) in [6.07, 6.45) is 4.76. The summed E-state index contributed by atoms with van der Waals surface area (Å²) in [6, 6.07) is 10.1. The smallest absolute Gasteiger partial charge is 0.274 e. The van der Waals surface area contributed by atoms with Crippen LogP contribution in [0.5, 0.6) is 0 Å². The maximum atomic E-state index is 13.5. The first-order chi connectivity index (χ1) is 17.2. The number of hydrogen-bond donors (Lipinski definition) is 0. The Kier molecular flexibility index (Phi) is 5.83. The van der Waals surface area contributed by atoms with Gasteiger partial charge in [0.05, 0.1) is 31.9 Å². The highest BCUT2D eigenvalue weighted by atomic mass is 32.1. The maximum Gasteiger partial charge on any atom is 0.274 e. The lowest BCUT2D eigenvalue weighted by molar-refractivity contribution is -0.131. The zero-order valence-electron chi connectivity index (χ0n) is 19.3. The van der Waals surface area contributed by atoms with Gasteiger partial charge in [0.1, 0.15) is 0 Å². The van der Waals surface area contributed by atoms with E-state index in [1.54, 1.807) is 16.2 Å². The van der Waals surface area contributed by atoms with Crippen LogP contribution in [0, 0.1) is 0 Å². The Morgan fingerprint density at radius 3 is 2.69 bits per heavy atom. The van der Waals surface area contributed by atoms with Crippen LogP contribution < -0.4 is 0 Å². The molecule has 0 spiro atoms. The molecule has 9 nitrogen and oxygen atoms in total. The van der Waals surface area contributed by atoms with Gasteiger partial charge in [-0.1, -0.05) is 30.3 Å². The summed E-state index contributed by atoms with van der Waals surface area (Å²) in [5.74, 6) is -0.0676. The van der Waals surface area contributed by atoms with Crippen LogP contribution in [0.2, 0.25) is 0 Å². The highest BCUT2D eigenvalue weighted by Gasteiger charge is 2.32. The standard InChI is InChI=1S/C25H26N6O3S/c32-22(14-19-16-30-10-13-35-25(30)26-19)29-7-6-21-20(17-29)23(24(33)28-8-11-34-12-9-28)27-31(21)15-18-4-2-1-3-5-18/h1-5,10,13,16H,6-9,11-12,14-15,17H2. The minimum Gasteiger partial charge on any atom is -0.378 e. The van der Waals surface area contributed by atoms with Gasteiger partial charge >= 0.3 is 0 Å². The number of benzene rings is 1. The van der Waals surface area contributed by atoms with Gasteiger partial charge in [-0.3, -0.25) is 18.7 Å². The van der Waals surface area contributed by atoms with Gasteiger partial charge in [-0.05, 0) is 5.56 Å². The molecule has 0 radical (unpaired) electrons. The van der Waals surface area contributed by atoms with Crippen molar-refractivity contribution in [1.29, 1.82) is 0 Å². The molecular formula is C25H26N6O3S. The fraction of sp³-hybridized carbons (Fsp3) is 0.360. The lowest BCUT2D eigenvalue weighted by Gasteiger charge is -2.29. The van der Waals surface area contributed by atoms with E-state index in [1.165, 1.54) is 0 Å². The molecule has 0 bridgehead atoms. The van der Waals surface area contributed by atoms with Crippen molar-refractivity contribution in [2.45, 2.75) is 25.9 Å². The van der Waals surface area contributed by atoms with Crippen LogP contribution in [-0.4, -0.2) is 73.6 Å². The SMILES string of the molecule is O=C(Cc1cn2ccsc2n1)N1CCc2c(c(C(=O)N3CCOCC3)nn2Cc2ccccc2)C1. The fourth-order valence-corrected chi connectivity index (χ4v) is 5.53. The van der Waals surface area contributed by atoms with E-state index < -0.39 is 0 Å². The quantitative estimate of drug-likeness (QED) is 0.428. The van der Waals surface area contributed by atoms with Crippen molar-refractivity contribution >= 4 is 28.1 Å². The number of imidazole rings is 1. The number of carbonyl (C=O) groups excluding carboxylic acids is 2. The normalized spacial score (nSPS) is 16.0. The summed E-state index contributed by atoms with van der Waals surface area (Å²) >= 11 is 1.55. The number of amides is 2. The van der Waals surface area contributed by atoms with Crippen LogP contribution in [-0.2, 0) is 35.5 Å². The average Bonchev–Trinajstić information content (AvgIpc) is 3.58. The first-order valence-corrected chi connectivity index (χ1v) is 12.7. The highest BCUT2D eigenvalue weighted by molar-refractivity contribution is 7.15. The van der Waals surface area contributed by atoms with E-state index in [1.807, 2.05) is 50.0 Å². The number of morpholine rings is 1. The van der Waals surface area contributed by atoms with E-state index in [-0.39, 0.29) is 18.2 Å². The third-order valence-electron chi connectivity index (χ3n) is 6.64. The van der Waals surface area contributed by atoms with Crippen LogP contribution in [0.1, 0.15) is 33.0 Å². The molecule has 35 heavy (non-hydrogen) atoms. The van der Waals surface area contributed by atoms with Crippen molar-refractivity contribution in [3.8, 4) is 0 Å². The molecule has 180 valence electrons. The predicted octanol–water partition coefficient (Wildman–Crippen LogP) is 2.24. The maximum absolute atomic E-state index is 13.5. The van der Waals surface area contributed by atoms with E-state index in [4.69, 9.17) is 9.84 Å². The Morgan fingerprint density at radius 1 is 1.06 bits per heavy atom. The lowest BCUT2D eigenvalue weighted by Crippen LogP contribution is -2.42. The van der Waals surface area contributed by atoms with E-state index in [9.17, 15) is 9.59 Å². The number of ether oxygens (including phenoxy) is 1. The Bertz CT molecular complexity index is 1340. The second-order valence-electron chi connectivity index (χ2n) is 8.89. The number of thiazole rings is 1. The summed E-state index contributed by atoms with van der Waals surface area (Å²) < 4.78 is 9.31. The molecule has 1 fully saturated rings. The van der Waals surface area contributed by atoms with E-state index >= 15 is 0 Å². The van der Waals surface area contributed by atoms with Gasteiger partial charge in [0, 0.05) is 61.6 Å². The van der Waals surface area contributed by atoms with E-state index in [0.29, 0.717) is 58.1 Å². The van der Waals surface area contributed by atoms with Gasteiger partial charge in [-0.15, -0.1) is 11.3 Å². The van der Waals surface area contributed by atoms with Crippen LogP contribution in [0.3, 0.4) is 0 Å². The largest absolute Gasteiger partial charge is 0.378 e. The molecule has 3 aromatic heterocycles. The molecule has 5 heterocycles. The molecule has 2 amide bonds. The Balaban J connectivity index is 1.27. The Labute approximate surface area is 206 Å². The zero-order valence-corrected chi connectivity index (χ0v) is 20.1. The predicted molar refractivity (Wildman–Crippen MR) is 130 cm³/mol. The summed E-state index contributed by atoms with van der Waals surface area (Å²) in [5.41, 5.74) is 4.25. The van der Waals surface area contributed by atoms with E-state index in [2.05, 4.69) is 17.1 Å². The van der Waals surface area contributed by atoms with Gasteiger partial charge in [0.25, 0.3) is 5.91 Å². The fourth-order valence-electron chi connectivity index (χ4n) is 4.81. The molecule has 1 aromatic carbocycles. The van der Waals surface area contributed by atoms with Crippen molar-refractivity contribution in [2.24, 2.45) is 0 Å². The summed E-state index contributed by atoms with van der Waals surface area (Å²) in [4.78, 5) is 35.7. The number of carbonyl (C=O) groups is 2. The van der Waals surface area contributed by atoms with Gasteiger partial charge in [0.2, 0.25) is 5.91 Å². The van der Waals surface area contributed by atoms with Crippen molar-refractivity contribution in [1.82, 2.24) is 29.0 Å². The summed E-state index contributed by atoms with van der Waals surface area (Å²) in [5, 5.41) is 6.77. The van der Waals surface area contributed by atoms with Crippen LogP contribution in [0.25, 0.3) is 4.96 Å². The minimum absolute atomic E-state index is 0.0157. The molecule has 0 N–H and O–H groups in total. The average molecular weight is 491 g/mol. The third-order valence-corrected chi connectivity index (χ3v) is 7.41. The monoisotopic (exact) mass is 490 g/mol. The van der Waals surface area contributed by atoms with Crippen molar-refractivity contribution in [2.75, 3.05) is 32.8 Å². The lowest BCUT2D eigenvalue weighted by atomic mass is 10.0. The minimum atomic E-state index is -0.0833. The Morgan fingerprint density at radius 2 is 1.89 bits per heavy atom. The van der Waals surface area contributed by atoms with Crippen molar-refractivity contribution < 1.29 is 14.3 Å². The summed E-state index contributed by atoms with van der Waals surface area (Å²) in [7, 11) is 0. The van der Waals surface area contributed by atoms with Crippen LogP contribution in [0.4, 0.5) is 0 Å². The molecule has 4 aromatic rings. The molecule has 6 rings (SSSR count). The number of rotatable bonds is 5. The molecule has 0 atom stereocenters. The van der Waals surface area contributed by atoms with Gasteiger partial charge in [0.15, 0.2) is 10.7 Å². The number of fused-ring (bicyclic) bond motifs is 2. The molecule has 1 saturated heterocycles. The first kappa shape index (κ1) is 22.0. The molecule has 2 aliphatic heterocycles. The molecule has 0 aliphatic carbocycles. The number of aromatic nitrogens is 4. The zero-order chi connectivity index (χ0) is 23.8. The van der Waals surface area contributed by atoms with Crippen LogP contribution >= 0.6 is 11.3 Å². The second kappa shape index (κ2) is 9.27. The Hall–Kier alpha value is -3.50. The number of nitrogens with zero attached hydrogens (tertiary/aromatic N) is 6. The summed E-state index contributed by atoms with van der Waals surface area (Å²) in [6.45, 7) is 3.75. The van der Waals surface area contributed by atoms with Gasteiger partial charge < -0.3 is 14.5 Å². The van der Waals surface area contributed by atoms with Crippen LogP contribution in [0.15, 0.2) is 48.1 Å². The highest BCUT2D eigenvalue weighted by Crippen LogP contribution is 2.26. The second-order valence-corrected chi connectivity index (χ2v) is 9.76. The van der Waals surface area contributed by atoms with Gasteiger partial charge in [-0.25, -0.2) is 4.98 Å². The molecule has 10 heteroatoms. The molecule has 0 unspecified atom stereocenters. The molecular weight excluding hydrogens is 464 g/mol. The molecule has 0 saturated carbocycles. The third kappa shape index (κ3) is 4.35. The van der Waals surface area contributed by atoms with Crippen molar-refractivity contribution in [3.63, 3.8) is 0 Å². The van der Waals surface area contributed by atoms with Crippen molar-refractivity contribution in [3.05, 3.63) is 76.3 Å². The molecule has 2 aliphatic rings. The van der Waals surface area contributed by atoms with Gasteiger partial charge in [-0.2, -0.15) is 5.10 Å². The topological polar surface area (TPSA) is 85.0 Å². The van der Waals surface area contributed by atoms with E-state index in [0.717, 1.165) is 27.5 Å².